The largest absolute Gasteiger partial charge is 0.497 e. The van der Waals surface area contributed by atoms with Gasteiger partial charge in [0.2, 0.25) is 0 Å². The predicted octanol–water partition coefficient (Wildman–Crippen LogP) is 4.03. The summed E-state index contributed by atoms with van der Waals surface area (Å²) in [5, 5.41) is 3.04. The topological polar surface area (TPSA) is 84.9 Å². The Morgan fingerprint density at radius 2 is 2.06 bits per heavy atom. The zero-order valence-corrected chi connectivity index (χ0v) is 19.7. The highest BCUT2D eigenvalue weighted by Gasteiger charge is 2.28. The summed E-state index contributed by atoms with van der Waals surface area (Å²) in [5.41, 5.74) is 0.532. The van der Waals surface area contributed by atoms with Gasteiger partial charge in [-0.15, -0.1) is 6.58 Å². The number of hydrogen-bond acceptors (Lipinski definition) is 5. The molecule has 1 heterocycles. The Balaban J connectivity index is 1.90. The number of carbonyl (C=O) groups is 1. The number of rotatable bonds is 9. The summed E-state index contributed by atoms with van der Waals surface area (Å²) in [4.78, 5) is 12.8. The van der Waals surface area contributed by atoms with Crippen LogP contribution in [0, 0.1) is 0 Å². The molecule has 2 unspecified atom stereocenters. The molecule has 0 aliphatic carbocycles. The molecule has 2 aromatic carbocycles. The van der Waals surface area contributed by atoms with Gasteiger partial charge in [0, 0.05) is 6.61 Å². The normalized spacial score (nSPS) is 16.9. The number of methoxy groups -OCH3 is 1. The lowest BCUT2D eigenvalue weighted by molar-refractivity contribution is 0.0712. The van der Waals surface area contributed by atoms with Crippen LogP contribution >= 0.6 is 11.6 Å². The monoisotopic (exact) mass is 478 g/mol. The Kier molecular flexibility index (Phi) is 7.82. The first-order valence-corrected chi connectivity index (χ1v) is 12.1. The zero-order valence-electron chi connectivity index (χ0n) is 18.1. The maximum absolute atomic E-state index is 13.4. The first-order chi connectivity index (χ1) is 15.3. The van der Waals surface area contributed by atoms with Crippen molar-refractivity contribution < 1.29 is 22.7 Å². The Bertz CT molecular complexity index is 1070. The molecule has 1 aliphatic rings. The summed E-state index contributed by atoms with van der Waals surface area (Å²) < 4.78 is 38.9. The number of hydrogen-bond donors (Lipinski definition) is 1. The number of anilines is 1. The molecule has 9 heteroatoms. The molecule has 172 valence electrons. The fourth-order valence-electron chi connectivity index (χ4n) is 3.55. The van der Waals surface area contributed by atoms with E-state index in [2.05, 4.69) is 11.9 Å². The average molecular weight is 479 g/mol. The van der Waals surface area contributed by atoms with E-state index >= 15 is 0 Å². The van der Waals surface area contributed by atoms with Crippen molar-refractivity contribution in [1.29, 1.82) is 0 Å². The van der Waals surface area contributed by atoms with Gasteiger partial charge in [0.1, 0.15) is 5.75 Å². The fraction of sp³-hybridized carbons (Fsp3) is 0.348. The third kappa shape index (κ3) is 5.26. The van der Waals surface area contributed by atoms with Crippen molar-refractivity contribution in [2.45, 2.75) is 36.8 Å². The Morgan fingerprint density at radius 3 is 2.66 bits per heavy atom. The maximum atomic E-state index is 13.4. The van der Waals surface area contributed by atoms with Gasteiger partial charge in [0.25, 0.3) is 15.9 Å². The molecule has 0 aromatic heterocycles. The van der Waals surface area contributed by atoms with Crippen molar-refractivity contribution in [2.75, 3.05) is 24.6 Å². The third-order valence-corrected chi connectivity index (χ3v) is 7.43. The fourth-order valence-corrected chi connectivity index (χ4v) is 5.21. The molecule has 1 aliphatic heterocycles. The molecule has 1 amide bonds. The van der Waals surface area contributed by atoms with Crippen molar-refractivity contribution in [3.63, 3.8) is 0 Å². The van der Waals surface area contributed by atoms with Gasteiger partial charge >= 0.3 is 0 Å². The molecule has 2 atom stereocenters. The first kappa shape index (κ1) is 24.1. The van der Waals surface area contributed by atoms with Crippen LogP contribution in [0.15, 0.2) is 60.0 Å². The highest BCUT2D eigenvalue weighted by atomic mass is 35.5. The van der Waals surface area contributed by atoms with Crippen molar-refractivity contribution >= 4 is 33.2 Å². The summed E-state index contributed by atoms with van der Waals surface area (Å²) in [7, 11) is -2.46. The van der Waals surface area contributed by atoms with Crippen LogP contribution < -0.4 is 14.4 Å². The molecule has 2 aromatic rings. The van der Waals surface area contributed by atoms with E-state index in [4.69, 9.17) is 21.1 Å². The SMILES string of the molecule is C=CCN(c1ccc(OC)cc1)S(=O)(=O)c1ccc(Cl)c(C(=O)NC(C)C2CCCO2)c1. The Labute approximate surface area is 194 Å². The van der Waals surface area contributed by atoms with Crippen LogP contribution in [0.3, 0.4) is 0 Å². The lowest BCUT2D eigenvalue weighted by Gasteiger charge is -2.24. The number of halogens is 1. The number of nitrogens with one attached hydrogen (secondary N) is 1. The van der Waals surface area contributed by atoms with Crippen LogP contribution in [-0.2, 0) is 14.8 Å². The molecular weight excluding hydrogens is 452 g/mol. The van der Waals surface area contributed by atoms with E-state index in [0.29, 0.717) is 18.0 Å². The molecular formula is C23H27ClN2O5S. The summed E-state index contributed by atoms with van der Waals surface area (Å²) in [6.07, 6.45) is 3.24. The van der Waals surface area contributed by atoms with E-state index in [1.807, 2.05) is 6.92 Å². The van der Waals surface area contributed by atoms with E-state index in [1.54, 1.807) is 24.3 Å². The molecule has 1 N–H and O–H groups in total. The van der Waals surface area contributed by atoms with Gasteiger partial charge in [0.05, 0.1) is 47.0 Å². The summed E-state index contributed by atoms with van der Waals surface area (Å²) in [5.74, 6) is 0.158. The summed E-state index contributed by atoms with van der Waals surface area (Å²) >= 11 is 6.24. The van der Waals surface area contributed by atoms with E-state index in [1.165, 1.54) is 35.7 Å². The Morgan fingerprint density at radius 1 is 1.34 bits per heavy atom. The number of sulfonamides is 1. The van der Waals surface area contributed by atoms with Crippen molar-refractivity contribution in [3.8, 4) is 5.75 Å². The number of amides is 1. The van der Waals surface area contributed by atoms with Crippen LogP contribution in [0.25, 0.3) is 0 Å². The molecule has 0 saturated carbocycles. The van der Waals surface area contributed by atoms with Crippen LogP contribution in [0.2, 0.25) is 5.02 Å². The van der Waals surface area contributed by atoms with Gasteiger partial charge in [-0.1, -0.05) is 17.7 Å². The molecule has 0 spiro atoms. The smallest absolute Gasteiger partial charge is 0.264 e. The third-order valence-electron chi connectivity index (χ3n) is 5.31. The Hall–Kier alpha value is -2.55. The van der Waals surface area contributed by atoms with Gasteiger partial charge < -0.3 is 14.8 Å². The summed E-state index contributed by atoms with van der Waals surface area (Å²) in [6.45, 7) is 6.25. The minimum absolute atomic E-state index is 0.0468. The van der Waals surface area contributed by atoms with E-state index in [-0.39, 0.29) is 34.2 Å². The number of nitrogens with zero attached hydrogens (tertiary/aromatic N) is 1. The highest BCUT2D eigenvalue weighted by Crippen LogP contribution is 2.28. The minimum atomic E-state index is -3.99. The first-order valence-electron chi connectivity index (χ1n) is 10.3. The molecule has 1 fully saturated rings. The molecule has 3 rings (SSSR count). The molecule has 7 nitrogen and oxygen atoms in total. The van der Waals surface area contributed by atoms with Crippen molar-refractivity contribution in [3.05, 3.63) is 65.7 Å². The lowest BCUT2D eigenvalue weighted by atomic mass is 10.1. The minimum Gasteiger partial charge on any atom is -0.497 e. The van der Waals surface area contributed by atoms with Gasteiger partial charge in [-0.2, -0.15) is 0 Å². The standard InChI is InChI=1S/C23H27ClN2O5S/c1-4-13-26(17-7-9-18(30-3)10-8-17)32(28,29)19-11-12-21(24)20(15-19)23(27)25-16(2)22-6-5-14-31-22/h4,7-12,15-16,22H,1,5-6,13-14H2,2-3H3,(H,25,27). The van der Waals surface area contributed by atoms with Crippen LogP contribution in [-0.4, -0.2) is 46.7 Å². The van der Waals surface area contributed by atoms with Crippen molar-refractivity contribution in [1.82, 2.24) is 5.32 Å². The number of carbonyl (C=O) groups excluding carboxylic acids is 1. The quantitative estimate of drug-likeness (QED) is 0.550. The van der Waals surface area contributed by atoms with Crippen LogP contribution in [0.1, 0.15) is 30.1 Å². The average Bonchev–Trinajstić information content (AvgIpc) is 3.33. The van der Waals surface area contributed by atoms with E-state index in [0.717, 1.165) is 12.8 Å². The van der Waals surface area contributed by atoms with Crippen LogP contribution in [0.5, 0.6) is 5.75 Å². The van der Waals surface area contributed by atoms with Gasteiger partial charge in [-0.25, -0.2) is 8.42 Å². The lowest BCUT2D eigenvalue weighted by Crippen LogP contribution is -2.41. The second kappa shape index (κ2) is 10.4. The number of benzene rings is 2. The zero-order chi connectivity index (χ0) is 23.3. The molecule has 0 radical (unpaired) electrons. The van der Waals surface area contributed by atoms with Crippen LogP contribution in [0.4, 0.5) is 5.69 Å². The summed E-state index contributed by atoms with van der Waals surface area (Å²) in [6, 6.07) is 10.5. The van der Waals surface area contributed by atoms with Gasteiger partial charge in [-0.05, 0) is 62.2 Å². The molecule has 0 bridgehead atoms. The van der Waals surface area contributed by atoms with Gasteiger partial charge in [-0.3, -0.25) is 9.10 Å². The highest BCUT2D eigenvalue weighted by molar-refractivity contribution is 7.92. The van der Waals surface area contributed by atoms with Gasteiger partial charge in [0.15, 0.2) is 0 Å². The van der Waals surface area contributed by atoms with E-state index < -0.39 is 15.9 Å². The van der Waals surface area contributed by atoms with Crippen molar-refractivity contribution in [2.24, 2.45) is 0 Å². The molecule has 32 heavy (non-hydrogen) atoms. The second-order valence-electron chi connectivity index (χ2n) is 7.48. The maximum Gasteiger partial charge on any atom is 0.264 e. The number of ether oxygens (including phenoxy) is 2. The molecule has 1 saturated heterocycles. The van der Waals surface area contributed by atoms with E-state index in [9.17, 15) is 13.2 Å². The second-order valence-corrected chi connectivity index (χ2v) is 9.75. The predicted molar refractivity (Wildman–Crippen MR) is 125 cm³/mol.